The van der Waals surface area contributed by atoms with E-state index in [4.69, 9.17) is 4.74 Å². The number of alkyl halides is 2. The third-order valence-electron chi connectivity index (χ3n) is 5.23. The van der Waals surface area contributed by atoms with E-state index in [0.29, 0.717) is 18.7 Å². The number of nitrogens with one attached hydrogen (secondary N) is 1. The minimum atomic E-state index is -2.96. The summed E-state index contributed by atoms with van der Waals surface area (Å²) in [5.41, 5.74) is 1.16. The van der Waals surface area contributed by atoms with Crippen LogP contribution >= 0.6 is 0 Å². The summed E-state index contributed by atoms with van der Waals surface area (Å²) in [4.78, 5) is 30.3. The maximum absolute atomic E-state index is 12.7. The zero-order chi connectivity index (χ0) is 23.3. The highest BCUT2D eigenvalue weighted by atomic mass is 19.3. The van der Waals surface area contributed by atoms with Gasteiger partial charge in [-0.15, -0.1) is 0 Å². The van der Waals surface area contributed by atoms with Gasteiger partial charge in [0.2, 0.25) is 5.91 Å². The van der Waals surface area contributed by atoms with Crippen LogP contribution in [0.4, 0.5) is 8.78 Å². The lowest BCUT2D eigenvalue weighted by Crippen LogP contribution is -2.42. The lowest BCUT2D eigenvalue weighted by atomic mass is 9.96. The van der Waals surface area contributed by atoms with Gasteiger partial charge >= 0.3 is 6.61 Å². The van der Waals surface area contributed by atoms with Gasteiger partial charge in [0.1, 0.15) is 5.69 Å². The van der Waals surface area contributed by atoms with Crippen molar-refractivity contribution in [1.82, 2.24) is 15.2 Å². The Bertz CT molecular complexity index is 940. The number of nitrogens with zero attached hydrogens (tertiary/aromatic N) is 2. The highest BCUT2D eigenvalue weighted by Crippen LogP contribution is 2.37. The molecule has 1 fully saturated rings. The number of benzene rings is 1. The topological polar surface area (TPSA) is 80.8 Å². The van der Waals surface area contributed by atoms with Crippen molar-refractivity contribution in [3.05, 3.63) is 53.9 Å². The van der Waals surface area contributed by atoms with Crippen LogP contribution in [0.25, 0.3) is 0 Å². The van der Waals surface area contributed by atoms with Gasteiger partial charge in [-0.25, -0.2) is 0 Å². The molecule has 3 rings (SSSR count). The van der Waals surface area contributed by atoms with Gasteiger partial charge in [-0.05, 0) is 50.1 Å². The largest absolute Gasteiger partial charge is 0.487 e. The highest BCUT2D eigenvalue weighted by molar-refractivity contribution is 5.92. The standard InChI is InChI=1S/C23H27F2N3O4/c1-14(2)31-21-11-16(7-8-20(21)32-23(24)25)17-10-18(28(13-17)15(3)29)12-27-22(30)19-6-4-5-9-26-19/h4-9,11,14,17-18,23H,10,12-13H2,1-3H3,(H,27,30)/t17-,18-/m1/s1. The van der Waals surface area contributed by atoms with E-state index in [1.54, 1.807) is 55.3 Å². The number of likely N-dealkylation sites (tertiary alicyclic amines) is 1. The molecule has 2 amide bonds. The number of ether oxygens (including phenoxy) is 2. The van der Waals surface area contributed by atoms with Crippen molar-refractivity contribution in [2.75, 3.05) is 13.1 Å². The molecule has 2 atom stereocenters. The SMILES string of the molecule is CC(=O)N1C[C@H](c2ccc(OC(F)F)c(OC(C)C)c2)C[C@@H]1CNC(=O)c1ccccn1. The van der Waals surface area contributed by atoms with Gasteiger partial charge in [0.15, 0.2) is 11.5 Å². The second-order valence-corrected chi connectivity index (χ2v) is 7.93. The predicted octanol–water partition coefficient (Wildman–Crippen LogP) is 3.60. The van der Waals surface area contributed by atoms with E-state index in [1.807, 2.05) is 0 Å². The fraction of sp³-hybridized carbons (Fsp3) is 0.435. The number of carbonyl (C=O) groups is 2. The van der Waals surface area contributed by atoms with Crippen LogP contribution in [0.2, 0.25) is 0 Å². The Hall–Kier alpha value is -3.23. The van der Waals surface area contributed by atoms with Crippen LogP contribution in [-0.4, -0.2) is 53.5 Å². The maximum Gasteiger partial charge on any atom is 0.387 e. The summed E-state index contributed by atoms with van der Waals surface area (Å²) in [6.45, 7) is 2.87. The minimum Gasteiger partial charge on any atom is -0.487 e. The van der Waals surface area contributed by atoms with Crippen molar-refractivity contribution in [2.24, 2.45) is 0 Å². The van der Waals surface area contributed by atoms with Crippen LogP contribution in [0.5, 0.6) is 11.5 Å². The number of halogens is 2. The number of amides is 2. The van der Waals surface area contributed by atoms with Crippen molar-refractivity contribution >= 4 is 11.8 Å². The molecule has 172 valence electrons. The number of rotatable bonds is 8. The van der Waals surface area contributed by atoms with E-state index in [9.17, 15) is 18.4 Å². The molecule has 1 aromatic carbocycles. The molecule has 32 heavy (non-hydrogen) atoms. The molecule has 1 aliphatic rings. The van der Waals surface area contributed by atoms with Gasteiger partial charge in [-0.1, -0.05) is 12.1 Å². The summed E-state index contributed by atoms with van der Waals surface area (Å²) in [6.07, 6.45) is 1.93. The predicted molar refractivity (Wildman–Crippen MR) is 114 cm³/mol. The molecule has 2 aromatic rings. The lowest BCUT2D eigenvalue weighted by Gasteiger charge is -2.23. The summed E-state index contributed by atoms with van der Waals surface area (Å²) < 4.78 is 35.7. The Labute approximate surface area is 185 Å². The van der Waals surface area contributed by atoms with Gasteiger partial charge < -0.3 is 19.7 Å². The van der Waals surface area contributed by atoms with Crippen LogP contribution in [0.3, 0.4) is 0 Å². The van der Waals surface area contributed by atoms with Gasteiger partial charge in [0.05, 0.1) is 6.10 Å². The van der Waals surface area contributed by atoms with Gasteiger partial charge in [-0.3, -0.25) is 14.6 Å². The Kier molecular flexibility index (Phi) is 7.61. The number of carbonyl (C=O) groups excluding carboxylic acids is 2. The zero-order valence-electron chi connectivity index (χ0n) is 18.3. The quantitative estimate of drug-likeness (QED) is 0.669. The van der Waals surface area contributed by atoms with E-state index in [2.05, 4.69) is 15.0 Å². The van der Waals surface area contributed by atoms with Crippen LogP contribution in [0, 0.1) is 0 Å². The molecule has 0 radical (unpaired) electrons. The molecular weight excluding hydrogens is 420 g/mol. The number of aromatic nitrogens is 1. The molecule has 1 N–H and O–H groups in total. The minimum absolute atomic E-state index is 0.0296. The number of pyridine rings is 1. The van der Waals surface area contributed by atoms with E-state index in [1.165, 1.54) is 13.0 Å². The molecule has 9 heteroatoms. The van der Waals surface area contributed by atoms with Crippen molar-refractivity contribution in [2.45, 2.75) is 51.9 Å². The van der Waals surface area contributed by atoms with E-state index >= 15 is 0 Å². The fourth-order valence-corrected chi connectivity index (χ4v) is 3.85. The first kappa shape index (κ1) is 23.4. The van der Waals surface area contributed by atoms with Crippen LogP contribution in [0.1, 0.15) is 49.2 Å². The Morgan fingerprint density at radius 3 is 2.59 bits per heavy atom. The second kappa shape index (κ2) is 10.4. The van der Waals surface area contributed by atoms with Crippen molar-refractivity contribution < 1.29 is 27.8 Å². The van der Waals surface area contributed by atoms with Crippen molar-refractivity contribution in [1.29, 1.82) is 0 Å². The smallest absolute Gasteiger partial charge is 0.387 e. The van der Waals surface area contributed by atoms with E-state index < -0.39 is 6.61 Å². The molecule has 7 nitrogen and oxygen atoms in total. The van der Waals surface area contributed by atoms with Crippen molar-refractivity contribution in [3.63, 3.8) is 0 Å². The van der Waals surface area contributed by atoms with Crippen molar-refractivity contribution in [3.8, 4) is 11.5 Å². The molecule has 2 heterocycles. The Morgan fingerprint density at radius 2 is 1.97 bits per heavy atom. The molecule has 0 spiro atoms. The summed E-state index contributed by atoms with van der Waals surface area (Å²) in [5.74, 6) is -0.234. The Balaban J connectivity index is 1.74. The first-order valence-corrected chi connectivity index (χ1v) is 10.5. The molecule has 1 aliphatic heterocycles. The number of hydrogen-bond donors (Lipinski definition) is 1. The fourth-order valence-electron chi connectivity index (χ4n) is 3.85. The van der Waals surface area contributed by atoms with Crippen LogP contribution < -0.4 is 14.8 Å². The average molecular weight is 447 g/mol. The molecular formula is C23H27F2N3O4. The summed E-state index contributed by atoms with van der Waals surface area (Å²) in [7, 11) is 0. The molecule has 1 saturated heterocycles. The summed E-state index contributed by atoms with van der Waals surface area (Å²) in [5, 5.41) is 2.84. The third-order valence-corrected chi connectivity index (χ3v) is 5.23. The molecule has 0 unspecified atom stereocenters. The maximum atomic E-state index is 12.7. The van der Waals surface area contributed by atoms with Gasteiger partial charge in [0, 0.05) is 38.2 Å². The van der Waals surface area contributed by atoms with Gasteiger partial charge in [0.25, 0.3) is 5.91 Å². The van der Waals surface area contributed by atoms with Crippen LogP contribution in [0.15, 0.2) is 42.6 Å². The first-order chi connectivity index (χ1) is 15.2. The summed E-state index contributed by atoms with van der Waals surface area (Å²) in [6, 6.07) is 9.75. The van der Waals surface area contributed by atoms with Crippen LogP contribution in [-0.2, 0) is 4.79 Å². The monoisotopic (exact) mass is 447 g/mol. The van der Waals surface area contributed by atoms with E-state index in [0.717, 1.165) is 5.56 Å². The zero-order valence-corrected chi connectivity index (χ0v) is 18.3. The normalized spacial score (nSPS) is 18.2. The molecule has 0 bridgehead atoms. The lowest BCUT2D eigenvalue weighted by molar-refractivity contribution is -0.129. The first-order valence-electron chi connectivity index (χ1n) is 10.5. The molecule has 1 aromatic heterocycles. The molecule has 0 saturated carbocycles. The molecule has 0 aliphatic carbocycles. The average Bonchev–Trinajstić information content (AvgIpc) is 3.18. The Morgan fingerprint density at radius 1 is 1.19 bits per heavy atom. The highest BCUT2D eigenvalue weighted by Gasteiger charge is 2.35. The second-order valence-electron chi connectivity index (χ2n) is 7.93. The summed E-state index contributed by atoms with van der Waals surface area (Å²) >= 11 is 0. The third kappa shape index (κ3) is 5.93. The number of hydrogen-bond acceptors (Lipinski definition) is 5. The van der Waals surface area contributed by atoms with Gasteiger partial charge in [-0.2, -0.15) is 8.78 Å². The van der Waals surface area contributed by atoms with E-state index in [-0.39, 0.29) is 47.9 Å².